The largest absolute Gasteiger partial charge is 0.364 e. The lowest BCUT2D eigenvalue weighted by Crippen LogP contribution is -2.08. The molecular formula is C11H15N3O2. The van der Waals surface area contributed by atoms with E-state index in [1.165, 1.54) is 12.5 Å². The second-order valence-corrected chi connectivity index (χ2v) is 4.43. The molecule has 1 saturated carbocycles. The van der Waals surface area contributed by atoms with Crippen LogP contribution in [0.3, 0.4) is 0 Å². The van der Waals surface area contributed by atoms with Gasteiger partial charge in [0.05, 0.1) is 4.92 Å². The number of hydrogen-bond donors (Lipinski definition) is 1. The number of rotatable bonds is 4. The number of nitrogens with zero attached hydrogens (tertiary/aromatic N) is 2. The number of pyridine rings is 1. The molecule has 2 rings (SSSR count). The first-order chi connectivity index (χ1) is 7.58. The highest BCUT2D eigenvalue weighted by atomic mass is 16.6. The van der Waals surface area contributed by atoms with E-state index in [1.807, 2.05) is 6.92 Å². The first-order valence-corrected chi connectivity index (χ1v) is 5.44. The summed E-state index contributed by atoms with van der Waals surface area (Å²) in [7, 11) is 0. The second kappa shape index (κ2) is 4.08. The standard InChI is InChI=1S/C11H15N3O2/c1-7-5-9(7)6-12-11-10(14(15)16)4-3-8(2)13-11/h3-4,7,9H,5-6H2,1-2H3,(H,12,13). The van der Waals surface area contributed by atoms with Crippen LogP contribution in [0, 0.1) is 28.9 Å². The molecule has 16 heavy (non-hydrogen) atoms. The van der Waals surface area contributed by atoms with Crippen molar-refractivity contribution in [3.63, 3.8) is 0 Å². The van der Waals surface area contributed by atoms with Crippen LogP contribution in [-0.2, 0) is 0 Å². The molecule has 5 heteroatoms. The number of nitro groups is 1. The number of aromatic nitrogens is 1. The average molecular weight is 221 g/mol. The third kappa shape index (κ3) is 2.29. The van der Waals surface area contributed by atoms with Crippen LogP contribution in [0.4, 0.5) is 11.5 Å². The van der Waals surface area contributed by atoms with Gasteiger partial charge in [-0.1, -0.05) is 6.92 Å². The van der Waals surface area contributed by atoms with E-state index in [9.17, 15) is 10.1 Å². The molecule has 0 amide bonds. The highest BCUT2D eigenvalue weighted by molar-refractivity contribution is 5.56. The molecule has 0 bridgehead atoms. The Morgan fingerprint density at radius 1 is 1.62 bits per heavy atom. The zero-order chi connectivity index (χ0) is 11.7. The van der Waals surface area contributed by atoms with Gasteiger partial charge in [0.25, 0.3) is 0 Å². The number of aryl methyl sites for hydroxylation is 1. The average Bonchev–Trinajstić information content (AvgIpc) is 2.91. The van der Waals surface area contributed by atoms with E-state index in [-0.39, 0.29) is 5.69 Å². The zero-order valence-corrected chi connectivity index (χ0v) is 9.43. The van der Waals surface area contributed by atoms with E-state index in [2.05, 4.69) is 17.2 Å². The third-order valence-electron chi connectivity index (χ3n) is 3.02. The first-order valence-electron chi connectivity index (χ1n) is 5.44. The van der Waals surface area contributed by atoms with Gasteiger partial charge in [-0.15, -0.1) is 0 Å². The number of anilines is 1. The molecule has 0 spiro atoms. The van der Waals surface area contributed by atoms with Gasteiger partial charge < -0.3 is 5.32 Å². The van der Waals surface area contributed by atoms with Crippen molar-refractivity contribution < 1.29 is 4.92 Å². The van der Waals surface area contributed by atoms with Gasteiger partial charge in [0.2, 0.25) is 5.82 Å². The zero-order valence-electron chi connectivity index (χ0n) is 9.43. The lowest BCUT2D eigenvalue weighted by Gasteiger charge is -2.06. The molecule has 1 aromatic heterocycles. The van der Waals surface area contributed by atoms with Crippen LogP contribution in [0.5, 0.6) is 0 Å². The predicted molar refractivity (Wildman–Crippen MR) is 61.4 cm³/mol. The van der Waals surface area contributed by atoms with E-state index >= 15 is 0 Å². The Morgan fingerprint density at radius 3 is 2.88 bits per heavy atom. The van der Waals surface area contributed by atoms with Crippen LogP contribution in [0.1, 0.15) is 19.0 Å². The molecule has 0 radical (unpaired) electrons. The normalized spacial score (nSPS) is 22.9. The van der Waals surface area contributed by atoms with Crippen molar-refractivity contribution in [1.82, 2.24) is 4.98 Å². The monoisotopic (exact) mass is 221 g/mol. The third-order valence-corrected chi connectivity index (χ3v) is 3.02. The van der Waals surface area contributed by atoms with E-state index in [4.69, 9.17) is 0 Å². The summed E-state index contributed by atoms with van der Waals surface area (Å²) < 4.78 is 0. The number of hydrogen-bond acceptors (Lipinski definition) is 4. The minimum Gasteiger partial charge on any atom is -0.364 e. The Morgan fingerprint density at radius 2 is 2.31 bits per heavy atom. The smallest absolute Gasteiger partial charge is 0.311 e. The van der Waals surface area contributed by atoms with E-state index < -0.39 is 4.92 Å². The van der Waals surface area contributed by atoms with Crippen LogP contribution in [-0.4, -0.2) is 16.5 Å². The highest BCUT2D eigenvalue weighted by Gasteiger charge is 2.32. The molecule has 0 saturated heterocycles. The highest BCUT2D eigenvalue weighted by Crippen LogP contribution is 2.37. The van der Waals surface area contributed by atoms with Crippen molar-refractivity contribution in [3.05, 3.63) is 27.9 Å². The summed E-state index contributed by atoms with van der Waals surface area (Å²) in [4.78, 5) is 14.6. The van der Waals surface area contributed by atoms with Crippen LogP contribution in [0.25, 0.3) is 0 Å². The maximum atomic E-state index is 10.8. The molecule has 1 heterocycles. The summed E-state index contributed by atoms with van der Waals surface area (Å²) >= 11 is 0. The van der Waals surface area contributed by atoms with Gasteiger partial charge in [-0.05, 0) is 31.2 Å². The molecule has 1 N–H and O–H groups in total. The summed E-state index contributed by atoms with van der Waals surface area (Å²) in [6.45, 7) is 4.79. The lowest BCUT2D eigenvalue weighted by atomic mass is 10.3. The van der Waals surface area contributed by atoms with E-state index in [0.717, 1.165) is 18.2 Å². The Bertz CT molecular complexity index is 420. The molecule has 1 aliphatic rings. The predicted octanol–water partition coefficient (Wildman–Crippen LogP) is 2.37. The van der Waals surface area contributed by atoms with Crippen molar-refractivity contribution in [2.45, 2.75) is 20.3 Å². The van der Waals surface area contributed by atoms with Gasteiger partial charge in [-0.25, -0.2) is 4.98 Å². The Kier molecular flexibility index (Phi) is 2.77. The van der Waals surface area contributed by atoms with Gasteiger partial charge >= 0.3 is 5.69 Å². The van der Waals surface area contributed by atoms with Gasteiger partial charge in [0.15, 0.2) is 0 Å². The van der Waals surface area contributed by atoms with E-state index in [1.54, 1.807) is 6.07 Å². The van der Waals surface area contributed by atoms with Crippen LogP contribution in [0.15, 0.2) is 12.1 Å². The fourth-order valence-electron chi connectivity index (χ4n) is 1.74. The maximum absolute atomic E-state index is 10.8. The number of nitrogens with one attached hydrogen (secondary N) is 1. The SMILES string of the molecule is Cc1ccc([N+](=O)[O-])c(NCC2CC2C)n1. The molecule has 2 atom stereocenters. The summed E-state index contributed by atoms with van der Waals surface area (Å²) in [5.41, 5.74) is 0.843. The molecular weight excluding hydrogens is 206 g/mol. The molecule has 86 valence electrons. The molecule has 1 aliphatic carbocycles. The van der Waals surface area contributed by atoms with Crippen molar-refractivity contribution in [2.24, 2.45) is 11.8 Å². The van der Waals surface area contributed by atoms with Crippen LogP contribution >= 0.6 is 0 Å². The quantitative estimate of drug-likeness (QED) is 0.626. The summed E-state index contributed by atoms with van der Waals surface area (Å²) in [6, 6.07) is 3.16. The van der Waals surface area contributed by atoms with Crippen LogP contribution < -0.4 is 5.32 Å². The molecule has 2 unspecified atom stereocenters. The van der Waals surface area contributed by atoms with Crippen molar-refractivity contribution in [2.75, 3.05) is 11.9 Å². The minimum atomic E-state index is -0.398. The molecule has 0 aromatic carbocycles. The lowest BCUT2D eigenvalue weighted by molar-refractivity contribution is -0.384. The Labute approximate surface area is 94.0 Å². The van der Waals surface area contributed by atoms with Gasteiger partial charge in [0, 0.05) is 18.3 Å². The molecule has 0 aliphatic heterocycles. The van der Waals surface area contributed by atoms with Gasteiger partial charge in [-0.2, -0.15) is 0 Å². The Balaban J connectivity index is 2.10. The van der Waals surface area contributed by atoms with Crippen molar-refractivity contribution >= 4 is 11.5 Å². The first kappa shape index (κ1) is 10.9. The summed E-state index contributed by atoms with van der Waals surface area (Å²) in [5, 5.41) is 13.9. The second-order valence-electron chi connectivity index (χ2n) is 4.43. The fraction of sp³-hybridized carbons (Fsp3) is 0.545. The van der Waals surface area contributed by atoms with Crippen LogP contribution in [0.2, 0.25) is 0 Å². The maximum Gasteiger partial charge on any atom is 0.311 e. The fourth-order valence-corrected chi connectivity index (χ4v) is 1.74. The summed E-state index contributed by atoms with van der Waals surface area (Å²) in [5.74, 6) is 1.77. The minimum absolute atomic E-state index is 0.0545. The van der Waals surface area contributed by atoms with Crippen molar-refractivity contribution in [3.8, 4) is 0 Å². The van der Waals surface area contributed by atoms with Gasteiger partial charge in [0.1, 0.15) is 0 Å². The van der Waals surface area contributed by atoms with Crippen molar-refractivity contribution in [1.29, 1.82) is 0 Å². The van der Waals surface area contributed by atoms with Gasteiger partial charge in [-0.3, -0.25) is 10.1 Å². The van der Waals surface area contributed by atoms with E-state index in [0.29, 0.717) is 11.7 Å². The summed E-state index contributed by atoms with van der Waals surface area (Å²) in [6.07, 6.45) is 1.20. The molecule has 1 fully saturated rings. The molecule has 5 nitrogen and oxygen atoms in total. The molecule has 1 aromatic rings. The topological polar surface area (TPSA) is 68.1 Å². The Hall–Kier alpha value is -1.65.